The summed E-state index contributed by atoms with van der Waals surface area (Å²) in [5.74, 6) is -0.953. The topological polar surface area (TPSA) is 88.4 Å². The number of benzene rings is 3. The molecule has 0 saturated carbocycles. The van der Waals surface area contributed by atoms with Crippen molar-refractivity contribution in [1.29, 1.82) is 5.26 Å². The Morgan fingerprint density at radius 1 is 1.03 bits per heavy atom. The predicted octanol–water partition coefficient (Wildman–Crippen LogP) is 4.74. The largest absolute Gasteiger partial charge is 0.488 e. The number of amides is 1. The third kappa shape index (κ3) is 5.80. The number of rotatable bonds is 7. The van der Waals surface area contributed by atoms with Crippen LogP contribution in [0.1, 0.15) is 21.5 Å². The zero-order valence-corrected chi connectivity index (χ0v) is 17.2. The lowest BCUT2D eigenvalue weighted by atomic mass is 10.1. The van der Waals surface area contributed by atoms with Gasteiger partial charge in [0.1, 0.15) is 29.8 Å². The molecule has 0 bridgehead atoms. The molecular weight excluding hydrogens is 411 g/mol. The summed E-state index contributed by atoms with van der Waals surface area (Å²) >= 11 is 0. The van der Waals surface area contributed by atoms with E-state index >= 15 is 0 Å². The van der Waals surface area contributed by atoms with E-state index in [1.807, 2.05) is 6.07 Å². The maximum absolute atomic E-state index is 13.1. The number of nitrogens with zero attached hydrogens (tertiary/aromatic N) is 1. The maximum atomic E-state index is 13.1. The highest BCUT2D eigenvalue weighted by Crippen LogP contribution is 2.23. The predicted molar refractivity (Wildman–Crippen MR) is 117 cm³/mol. The molecule has 0 aliphatic heterocycles. The SMILES string of the molecule is COC(=O)c1ccc(NC(=O)/C(C#N)=C/c2ccccc2OCc2ccc(F)cc2)cc1. The zero-order chi connectivity index (χ0) is 22.9. The molecule has 0 fully saturated rings. The van der Waals surface area contributed by atoms with Crippen molar-refractivity contribution in [2.45, 2.75) is 6.61 Å². The molecule has 3 rings (SSSR count). The fourth-order valence-corrected chi connectivity index (χ4v) is 2.78. The van der Waals surface area contributed by atoms with Crippen molar-refractivity contribution in [2.24, 2.45) is 0 Å². The number of ether oxygens (including phenoxy) is 2. The highest BCUT2D eigenvalue weighted by atomic mass is 19.1. The molecule has 0 spiro atoms. The molecule has 0 unspecified atom stereocenters. The standard InChI is InChI=1S/C25H19FN2O4/c1-31-25(30)18-8-12-22(13-9-18)28-24(29)20(15-27)14-19-4-2-3-5-23(19)32-16-17-6-10-21(26)11-7-17/h2-14H,16H2,1H3,(H,28,29)/b20-14+. The summed E-state index contributed by atoms with van der Waals surface area (Å²) in [7, 11) is 1.28. The monoisotopic (exact) mass is 430 g/mol. The first-order valence-electron chi connectivity index (χ1n) is 9.58. The number of hydrogen-bond acceptors (Lipinski definition) is 5. The van der Waals surface area contributed by atoms with Crippen molar-refractivity contribution in [3.05, 3.63) is 101 Å². The number of nitrogens with one attached hydrogen (secondary N) is 1. The molecule has 1 N–H and O–H groups in total. The van der Waals surface area contributed by atoms with Crippen LogP contribution in [-0.4, -0.2) is 19.0 Å². The van der Waals surface area contributed by atoms with Gasteiger partial charge in [-0.25, -0.2) is 9.18 Å². The maximum Gasteiger partial charge on any atom is 0.337 e. The fraction of sp³-hybridized carbons (Fsp3) is 0.0800. The van der Waals surface area contributed by atoms with E-state index in [1.165, 1.54) is 37.5 Å². The summed E-state index contributed by atoms with van der Waals surface area (Å²) in [6.45, 7) is 0.200. The van der Waals surface area contributed by atoms with Gasteiger partial charge in [0, 0.05) is 11.3 Å². The summed E-state index contributed by atoms with van der Waals surface area (Å²) in [4.78, 5) is 24.1. The first-order chi connectivity index (χ1) is 15.5. The van der Waals surface area contributed by atoms with Gasteiger partial charge in [-0.05, 0) is 54.1 Å². The summed E-state index contributed by atoms with van der Waals surface area (Å²) < 4.78 is 23.5. The molecular formula is C25H19FN2O4. The summed E-state index contributed by atoms with van der Waals surface area (Å²) in [6, 6.07) is 20.9. The van der Waals surface area contributed by atoms with E-state index in [2.05, 4.69) is 10.1 Å². The van der Waals surface area contributed by atoms with E-state index in [1.54, 1.807) is 48.5 Å². The number of para-hydroxylation sites is 1. The fourth-order valence-electron chi connectivity index (χ4n) is 2.78. The van der Waals surface area contributed by atoms with Gasteiger partial charge in [0.05, 0.1) is 12.7 Å². The lowest BCUT2D eigenvalue weighted by Crippen LogP contribution is -2.13. The minimum absolute atomic E-state index is 0.125. The highest BCUT2D eigenvalue weighted by Gasteiger charge is 2.12. The van der Waals surface area contributed by atoms with E-state index in [-0.39, 0.29) is 18.0 Å². The Balaban J connectivity index is 1.74. The van der Waals surface area contributed by atoms with Crippen molar-refractivity contribution in [2.75, 3.05) is 12.4 Å². The van der Waals surface area contributed by atoms with Crippen LogP contribution in [0, 0.1) is 17.1 Å². The lowest BCUT2D eigenvalue weighted by molar-refractivity contribution is -0.112. The lowest BCUT2D eigenvalue weighted by Gasteiger charge is -2.10. The molecule has 0 radical (unpaired) electrons. The van der Waals surface area contributed by atoms with Crippen LogP contribution in [0.5, 0.6) is 5.75 Å². The van der Waals surface area contributed by atoms with Crippen LogP contribution in [0.3, 0.4) is 0 Å². The number of hydrogen-bond donors (Lipinski definition) is 1. The van der Waals surface area contributed by atoms with Crippen LogP contribution < -0.4 is 10.1 Å². The third-order valence-corrected chi connectivity index (χ3v) is 4.46. The Labute approximate surface area is 184 Å². The summed E-state index contributed by atoms with van der Waals surface area (Å²) in [5.41, 5.74) is 1.96. The number of carbonyl (C=O) groups is 2. The molecule has 0 aliphatic carbocycles. The highest BCUT2D eigenvalue weighted by molar-refractivity contribution is 6.10. The molecule has 1 amide bonds. The summed E-state index contributed by atoms with van der Waals surface area (Å²) in [6.07, 6.45) is 1.43. The summed E-state index contributed by atoms with van der Waals surface area (Å²) in [5, 5.41) is 12.1. The van der Waals surface area contributed by atoms with Gasteiger partial charge in [-0.2, -0.15) is 5.26 Å². The number of anilines is 1. The van der Waals surface area contributed by atoms with Gasteiger partial charge in [0.15, 0.2) is 0 Å². The molecule has 0 saturated heterocycles. The Bertz CT molecular complexity index is 1180. The molecule has 3 aromatic carbocycles. The number of nitriles is 1. The smallest absolute Gasteiger partial charge is 0.337 e. The molecule has 0 aliphatic rings. The minimum Gasteiger partial charge on any atom is -0.488 e. The number of methoxy groups -OCH3 is 1. The van der Waals surface area contributed by atoms with E-state index < -0.39 is 11.9 Å². The van der Waals surface area contributed by atoms with Gasteiger partial charge >= 0.3 is 5.97 Å². The van der Waals surface area contributed by atoms with Gasteiger partial charge in [-0.1, -0.05) is 30.3 Å². The number of carbonyl (C=O) groups excluding carboxylic acids is 2. The second kappa shape index (κ2) is 10.5. The molecule has 0 heterocycles. The molecule has 0 aromatic heterocycles. The van der Waals surface area contributed by atoms with Gasteiger partial charge in [-0.15, -0.1) is 0 Å². The van der Waals surface area contributed by atoms with E-state index in [0.29, 0.717) is 22.6 Å². The normalized spacial score (nSPS) is 10.7. The quantitative estimate of drug-likeness (QED) is 0.332. The van der Waals surface area contributed by atoms with Crippen LogP contribution in [0.15, 0.2) is 78.4 Å². The van der Waals surface area contributed by atoms with Crippen molar-refractivity contribution in [3.8, 4) is 11.8 Å². The number of esters is 1. The average molecular weight is 430 g/mol. The second-order valence-electron chi connectivity index (χ2n) is 6.65. The Morgan fingerprint density at radius 3 is 2.38 bits per heavy atom. The van der Waals surface area contributed by atoms with Crippen LogP contribution in [0.4, 0.5) is 10.1 Å². The van der Waals surface area contributed by atoms with Crippen LogP contribution in [-0.2, 0) is 16.1 Å². The second-order valence-corrected chi connectivity index (χ2v) is 6.65. The van der Waals surface area contributed by atoms with Gasteiger partial charge in [-0.3, -0.25) is 4.79 Å². The minimum atomic E-state index is -0.605. The first-order valence-corrected chi connectivity index (χ1v) is 9.58. The van der Waals surface area contributed by atoms with E-state index in [4.69, 9.17) is 4.74 Å². The van der Waals surface area contributed by atoms with Crippen LogP contribution >= 0.6 is 0 Å². The molecule has 6 nitrogen and oxygen atoms in total. The van der Waals surface area contributed by atoms with Crippen molar-refractivity contribution in [1.82, 2.24) is 0 Å². The molecule has 32 heavy (non-hydrogen) atoms. The first kappa shape index (κ1) is 22.2. The van der Waals surface area contributed by atoms with E-state index in [9.17, 15) is 19.2 Å². The Hall–Kier alpha value is -4.44. The third-order valence-electron chi connectivity index (χ3n) is 4.46. The van der Waals surface area contributed by atoms with Crippen molar-refractivity contribution >= 4 is 23.6 Å². The van der Waals surface area contributed by atoms with Crippen LogP contribution in [0.2, 0.25) is 0 Å². The van der Waals surface area contributed by atoms with Gasteiger partial charge in [0.2, 0.25) is 0 Å². The van der Waals surface area contributed by atoms with Crippen molar-refractivity contribution in [3.63, 3.8) is 0 Å². The molecule has 160 valence electrons. The Kier molecular flexibility index (Phi) is 7.33. The Morgan fingerprint density at radius 2 is 1.72 bits per heavy atom. The van der Waals surface area contributed by atoms with Gasteiger partial charge in [0.25, 0.3) is 5.91 Å². The zero-order valence-electron chi connectivity index (χ0n) is 17.2. The molecule has 0 atom stereocenters. The molecule has 3 aromatic rings. The van der Waals surface area contributed by atoms with Crippen molar-refractivity contribution < 1.29 is 23.5 Å². The van der Waals surface area contributed by atoms with E-state index in [0.717, 1.165) is 5.56 Å². The average Bonchev–Trinajstić information content (AvgIpc) is 2.82. The van der Waals surface area contributed by atoms with Gasteiger partial charge < -0.3 is 14.8 Å². The van der Waals surface area contributed by atoms with Crippen LogP contribution in [0.25, 0.3) is 6.08 Å². The molecule has 7 heteroatoms. The number of halogens is 1.